The summed E-state index contributed by atoms with van der Waals surface area (Å²) >= 11 is 1.63. The molecule has 0 aromatic carbocycles. The number of nitriles is 1. The monoisotopic (exact) mass is 274 g/mol. The third-order valence-electron chi connectivity index (χ3n) is 3.91. The lowest BCUT2D eigenvalue weighted by Crippen LogP contribution is -2.31. The Morgan fingerprint density at radius 1 is 1.47 bits per heavy atom. The number of aryl methyl sites for hydroxylation is 2. The fourth-order valence-corrected chi connectivity index (χ4v) is 3.89. The lowest BCUT2D eigenvalue weighted by Gasteiger charge is -2.17. The first-order valence-electron chi connectivity index (χ1n) is 6.79. The second kappa shape index (κ2) is 4.95. The number of nitrogens with one attached hydrogen (secondary N) is 1. The Kier molecular flexibility index (Phi) is 3.29. The standard InChI is InChI=1S/C14H18N4S/c1-9-8-19-14-16-10(2)13(18(9)14)12(7-15)17-11-5-3-4-6-11/h8,11-12,17H,3-6H2,1-2H3. The van der Waals surface area contributed by atoms with Gasteiger partial charge in [-0.1, -0.05) is 12.8 Å². The topological polar surface area (TPSA) is 53.1 Å². The maximum Gasteiger partial charge on any atom is 0.194 e. The van der Waals surface area contributed by atoms with Crippen molar-refractivity contribution in [2.45, 2.75) is 51.6 Å². The van der Waals surface area contributed by atoms with E-state index in [1.54, 1.807) is 11.3 Å². The van der Waals surface area contributed by atoms with Crippen LogP contribution in [0.15, 0.2) is 5.38 Å². The van der Waals surface area contributed by atoms with Crippen LogP contribution in [0.25, 0.3) is 4.96 Å². The molecule has 0 spiro atoms. The van der Waals surface area contributed by atoms with Gasteiger partial charge in [0.2, 0.25) is 0 Å². The Morgan fingerprint density at radius 2 is 2.21 bits per heavy atom. The largest absolute Gasteiger partial charge is 0.294 e. The van der Waals surface area contributed by atoms with Crippen molar-refractivity contribution < 1.29 is 0 Å². The van der Waals surface area contributed by atoms with Crippen LogP contribution >= 0.6 is 11.3 Å². The molecule has 1 saturated carbocycles. The van der Waals surface area contributed by atoms with Crippen LogP contribution in [0.2, 0.25) is 0 Å². The summed E-state index contributed by atoms with van der Waals surface area (Å²) in [5, 5.41) is 15.1. The van der Waals surface area contributed by atoms with Crippen molar-refractivity contribution >= 4 is 16.3 Å². The number of fused-ring (bicyclic) bond motifs is 1. The molecular formula is C14H18N4S. The molecule has 5 heteroatoms. The smallest absolute Gasteiger partial charge is 0.194 e. The van der Waals surface area contributed by atoms with E-state index in [9.17, 15) is 5.26 Å². The number of hydrogen-bond donors (Lipinski definition) is 1. The van der Waals surface area contributed by atoms with Crippen LogP contribution in [0.4, 0.5) is 0 Å². The van der Waals surface area contributed by atoms with Gasteiger partial charge in [0.25, 0.3) is 0 Å². The van der Waals surface area contributed by atoms with Gasteiger partial charge in [-0.25, -0.2) is 4.98 Å². The van der Waals surface area contributed by atoms with Crippen molar-refractivity contribution in [2.24, 2.45) is 0 Å². The van der Waals surface area contributed by atoms with E-state index in [2.05, 4.69) is 33.1 Å². The number of nitrogens with zero attached hydrogens (tertiary/aromatic N) is 3. The number of aromatic nitrogens is 2. The van der Waals surface area contributed by atoms with E-state index < -0.39 is 0 Å². The van der Waals surface area contributed by atoms with Gasteiger partial charge >= 0.3 is 0 Å². The van der Waals surface area contributed by atoms with Crippen molar-refractivity contribution in [3.05, 3.63) is 22.5 Å². The van der Waals surface area contributed by atoms with Gasteiger partial charge in [0, 0.05) is 17.1 Å². The molecule has 19 heavy (non-hydrogen) atoms. The SMILES string of the molecule is Cc1nc2scc(C)n2c1C(C#N)NC1CCCC1. The highest BCUT2D eigenvalue weighted by atomic mass is 32.1. The fourth-order valence-electron chi connectivity index (χ4n) is 2.97. The van der Waals surface area contributed by atoms with Crippen molar-refractivity contribution in [1.82, 2.24) is 14.7 Å². The van der Waals surface area contributed by atoms with Crippen LogP contribution < -0.4 is 5.32 Å². The zero-order valence-corrected chi connectivity index (χ0v) is 12.1. The number of rotatable bonds is 3. The fraction of sp³-hybridized carbons (Fsp3) is 0.571. The van der Waals surface area contributed by atoms with Crippen molar-refractivity contribution in [2.75, 3.05) is 0 Å². The van der Waals surface area contributed by atoms with E-state index in [-0.39, 0.29) is 6.04 Å². The van der Waals surface area contributed by atoms with E-state index >= 15 is 0 Å². The van der Waals surface area contributed by atoms with Crippen LogP contribution in [0.3, 0.4) is 0 Å². The molecule has 100 valence electrons. The average Bonchev–Trinajstić information content (AvgIpc) is 3.07. The van der Waals surface area contributed by atoms with Crippen LogP contribution in [0.1, 0.15) is 48.8 Å². The Balaban J connectivity index is 1.98. The van der Waals surface area contributed by atoms with Gasteiger partial charge in [-0.3, -0.25) is 9.72 Å². The van der Waals surface area contributed by atoms with Crippen LogP contribution in [0.5, 0.6) is 0 Å². The molecule has 1 aliphatic carbocycles. The van der Waals surface area contributed by atoms with Gasteiger partial charge in [0.05, 0.1) is 17.5 Å². The first kappa shape index (κ1) is 12.6. The van der Waals surface area contributed by atoms with E-state index in [0.717, 1.165) is 22.0 Å². The predicted octanol–water partition coefficient (Wildman–Crippen LogP) is 3.11. The van der Waals surface area contributed by atoms with Crippen molar-refractivity contribution in [3.8, 4) is 6.07 Å². The molecule has 4 nitrogen and oxygen atoms in total. The normalized spacial score (nSPS) is 17.9. The Hall–Kier alpha value is -1.38. The summed E-state index contributed by atoms with van der Waals surface area (Å²) in [6.07, 6.45) is 4.91. The van der Waals surface area contributed by atoms with Crippen molar-refractivity contribution in [3.63, 3.8) is 0 Å². The van der Waals surface area contributed by atoms with E-state index in [1.807, 2.05) is 6.92 Å². The zero-order valence-electron chi connectivity index (χ0n) is 11.3. The summed E-state index contributed by atoms with van der Waals surface area (Å²) in [5.74, 6) is 0. The van der Waals surface area contributed by atoms with E-state index in [4.69, 9.17) is 0 Å². The summed E-state index contributed by atoms with van der Waals surface area (Å²) in [5.41, 5.74) is 3.14. The molecule has 0 amide bonds. The minimum absolute atomic E-state index is 0.258. The molecule has 2 heterocycles. The highest BCUT2D eigenvalue weighted by Gasteiger charge is 2.25. The summed E-state index contributed by atoms with van der Waals surface area (Å²) in [6.45, 7) is 4.06. The molecule has 1 unspecified atom stereocenters. The summed E-state index contributed by atoms with van der Waals surface area (Å²) in [6, 6.07) is 2.64. The van der Waals surface area contributed by atoms with Gasteiger partial charge in [-0.05, 0) is 26.7 Å². The second-order valence-corrected chi connectivity index (χ2v) is 6.12. The van der Waals surface area contributed by atoms with Crippen LogP contribution in [0, 0.1) is 25.2 Å². The Bertz CT molecular complexity index is 628. The molecule has 2 aromatic heterocycles. The molecule has 3 rings (SSSR count). The number of thiazole rings is 1. The third kappa shape index (κ3) is 2.15. The first-order valence-corrected chi connectivity index (χ1v) is 7.67. The predicted molar refractivity (Wildman–Crippen MR) is 76.3 cm³/mol. The van der Waals surface area contributed by atoms with E-state index in [0.29, 0.717) is 6.04 Å². The van der Waals surface area contributed by atoms with Gasteiger partial charge in [0.15, 0.2) is 4.96 Å². The molecule has 0 saturated heterocycles. The van der Waals surface area contributed by atoms with Gasteiger partial charge in [0.1, 0.15) is 6.04 Å². The first-order chi connectivity index (χ1) is 9.20. The van der Waals surface area contributed by atoms with Gasteiger partial charge in [-0.15, -0.1) is 11.3 Å². The summed E-state index contributed by atoms with van der Waals surface area (Å²) < 4.78 is 2.12. The zero-order chi connectivity index (χ0) is 13.4. The molecule has 0 aliphatic heterocycles. The minimum atomic E-state index is -0.258. The number of imidazole rings is 1. The maximum absolute atomic E-state index is 9.52. The number of hydrogen-bond acceptors (Lipinski definition) is 4. The molecule has 0 bridgehead atoms. The van der Waals surface area contributed by atoms with E-state index in [1.165, 1.54) is 25.7 Å². The Morgan fingerprint density at radius 3 is 2.89 bits per heavy atom. The molecule has 1 atom stereocenters. The second-order valence-electron chi connectivity index (χ2n) is 5.29. The minimum Gasteiger partial charge on any atom is -0.294 e. The molecule has 1 aliphatic rings. The lowest BCUT2D eigenvalue weighted by atomic mass is 10.1. The highest BCUT2D eigenvalue weighted by Crippen LogP contribution is 2.27. The van der Waals surface area contributed by atoms with Crippen LogP contribution in [-0.2, 0) is 0 Å². The molecule has 1 N–H and O–H groups in total. The maximum atomic E-state index is 9.52. The third-order valence-corrected chi connectivity index (χ3v) is 4.86. The molecule has 2 aromatic rings. The molecule has 0 radical (unpaired) electrons. The molecular weight excluding hydrogens is 256 g/mol. The van der Waals surface area contributed by atoms with Gasteiger partial charge in [-0.2, -0.15) is 5.26 Å². The average molecular weight is 274 g/mol. The summed E-state index contributed by atoms with van der Waals surface area (Å²) in [7, 11) is 0. The van der Waals surface area contributed by atoms with Crippen molar-refractivity contribution in [1.29, 1.82) is 5.26 Å². The quantitative estimate of drug-likeness (QED) is 0.935. The van der Waals surface area contributed by atoms with Crippen LogP contribution in [-0.4, -0.2) is 15.4 Å². The highest BCUT2D eigenvalue weighted by molar-refractivity contribution is 7.15. The lowest BCUT2D eigenvalue weighted by molar-refractivity contribution is 0.483. The Labute approximate surface area is 117 Å². The van der Waals surface area contributed by atoms with Gasteiger partial charge < -0.3 is 0 Å². The molecule has 1 fully saturated rings. The summed E-state index contributed by atoms with van der Waals surface area (Å²) in [4.78, 5) is 5.55.